The molecule has 0 radical (unpaired) electrons. The summed E-state index contributed by atoms with van der Waals surface area (Å²) in [7, 11) is 0. The molecule has 0 bridgehead atoms. The number of aryl methyl sites for hydroxylation is 1. The van der Waals surface area contributed by atoms with Gasteiger partial charge in [0.1, 0.15) is 11.6 Å². The van der Waals surface area contributed by atoms with Gasteiger partial charge in [-0.15, -0.1) is 0 Å². The summed E-state index contributed by atoms with van der Waals surface area (Å²) in [6.45, 7) is 9.16. The van der Waals surface area contributed by atoms with E-state index in [1.807, 2.05) is 43.3 Å². The third-order valence-corrected chi connectivity index (χ3v) is 4.47. The van der Waals surface area contributed by atoms with E-state index in [1.165, 1.54) is 0 Å². The van der Waals surface area contributed by atoms with E-state index in [4.69, 9.17) is 21.1 Å². The fourth-order valence-corrected chi connectivity index (χ4v) is 2.84. The quantitative estimate of drug-likeness (QED) is 0.639. The summed E-state index contributed by atoms with van der Waals surface area (Å²) in [6, 6.07) is 13.8. The Hall–Kier alpha value is -2.57. The van der Waals surface area contributed by atoms with Crippen molar-refractivity contribution in [2.45, 2.75) is 59.0 Å². The second-order valence-corrected chi connectivity index (χ2v) is 8.51. The topological polar surface area (TPSA) is 76.7 Å². The van der Waals surface area contributed by atoms with Crippen LogP contribution in [0.2, 0.25) is 5.02 Å². The average molecular weight is 433 g/mol. The van der Waals surface area contributed by atoms with Gasteiger partial charge in [-0.25, -0.2) is 4.79 Å². The van der Waals surface area contributed by atoms with Crippen LogP contribution in [0, 0.1) is 6.92 Å². The molecule has 30 heavy (non-hydrogen) atoms. The normalized spacial score (nSPS) is 13.3. The average Bonchev–Trinajstić information content (AvgIpc) is 2.66. The van der Waals surface area contributed by atoms with E-state index in [1.54, 1.807) is 39.8 Å². The van der Waals surface area contributed by atoms with E-state index < -0.39 is 29.7 Å². The molecule has 6 nitrogen and oxygen atoms in total. The summed E-state index contributed by atoms with van der Waals surface area (Å²) in [5, 5.41) is 5.96. The Morgan fingerprint density at radius 2 is 1.77 bits per heavy atom. The second-order valence-electron chi connectivity index (χ2n) is 8.07. The Kier molecular flexibility index (Phi) is 8.26. The number of amides is 2. The van der Waals surface area contributed by atoms with Crippen molar-refractivity contribution in [2.24, 2.45) is 0 Å². The molecule has 0 aliphatic rings. The van der Waals surface area contributed by atoms with Crippen LogP contribution >= 0.6 is 11.6 Å². The molecule has 2 amide bonds. The van der Waals surface area contributed by atoms with E-state index in [0.717, 1.165) is 11.1 Å². The number of ether oxygens (including phenoxy) is 2. The lowest BCUT2D eigenvalue weighted by Gasteiger charge is -2.27. The van der Waals surface area contributed by atoms with Crippen molar-refractivity contribution in [3.8, 4) is 0 Å². The van der Waals surface area contributed by atoms with Gasteiger partial charge in [-0.05, 0) is 57.9 Å². The van der Waals surface area contributed by atoms with E-state index in [9.17, 15) is 9.59 Å². The largest absolute Gasteiger partial charge is 0.444 e. The Balaban J connectivity index is 2.15. The van der Waals surface area contributed by atoms with Gasteiger partial charge in [0.05, 0.1) is 12.7 Å². The van der Waals surface area contributed by atoms with Crippen LogP contribution in [0.1, 0.15) is 38.8 Å². The molecular formula is C23H29ClN2O4. The van der Waals surface area contributed by atoms with Crippen LogP contribution in [0.15, 0.2) is 48.5 Å². The van der Waals surface area contributed by atoms with Crippen LogP contribution < -0.4 is 10.6 Å². The van der Waals surface area contributed by atoms with Crippen molar-refractivity contribution in [2.75, 3.05) is 5.32 Å². The molecule has 2 atom stereocenters. The maximum atomic E-state index is 13.0. The molecule has 0 fully saturated rings. The van der Waals surface area contributed by atoms with Crippen molar-refractivity contribution < 1.29 is 19.1 Å². The Bertz CT molecular complexity index is 865. The highest BCUT2D eigenvalue weighted by Crippen LogP contribution is 2.21. The third-order valence-electron chi connectivity index (χ3n) is 4.24. The van der Waals surface area contributed by atoms with Gasteiger partial charge < -0.3 is 20.1 Å². The number of hydrogen-bond donors (Lipinski definition) is 2. The molecule has 0 aromatic heterocycles. The molecule has 162 valence electrons. The summed E-state index contributed by atoms with van der Waals surface area (Å²) < 4.78 is 11.2. The zero-order valence-electron chi connectivity index (χ0n) is 18.0. The first kappa shape index (κ1) is 23.7. The van der Waals surface area contributed by atoms with Gasteiger partial charge in [-0.1, -0.05) is 48.0 Å². The molecule has 2 unspecified atom stereocenters. The molecule has 0 aliphatic carbocycles. The lowest BCUT2D eigenvalue weighted by Crippen LogP contribution is -2.52. The van der Waals surface area contributed by atoms with Crippen LogP contribution in [0.3, 0.4) is 0 Å². The van der Waals surface area contributed by atoms with E-state index in [2.05, 4.69) is 10.6 Å². The van der Waals surface area contributed by atoms with Crippen LogP contribution in [0.4, 0.5) is 10.5 Å². The van der Waals surface area contributed by atoms with Gasteiger partial charge in [0, 0.05) is 10.7 Å². The molecule has 0 saturated heterocycles. The summed E-state index contributed by atoms with van der Waals surface area (Å²) in [6.07, 6.45) is -1.31. The molecule has 2 aromatic carbocycles. The van der Waals surface area contributed by atoms with Crippen molar-refractivity contribution in [3.05, 3.63) is 64.7 Å². The maximum Gasteiger partial charge on any atom is 0.408 e. The number of carbonyl (C=O) groups excluding carboxylic acids is 2. The fraction of sp³-hybridized carbons (Fsp3) is 0.391. The summed E-state index contributed by atoms with van der Waals surface area (Å²) in [4.78, 5) is 25.4. The smallest absolute Gasteiger partial charge is 0.408 e. The molecule has 0 aliphatic heterocycles. The minimum absolute atomic E-state index is 0.304. The first-order valence-electron chi connectivity index (χ1n) is 9.77. The number of benzene rings is 2. The SMILES string of the molecule is Cc1ccc(Cl)cc1NC(=O)C(NC(=O)OC(C)(C)C)C(C)OCc1ccccc1. The lowest BCUT2D eigenvalue weighted by molar-refractivity contribution is -0.122. The molecule has 2 N–H and O–H groups in total. The van der Waals surface area contributed by atoms with E-state index >= 15 is 0 Å². The zero-order chi connectivity index (χ0) is 22.3. The first-order valence-corrected chi connectivity index (χ1v) is 10.1. The number of alkyl carbamates (subject to hydrolysis) is 1. The highest BCUT2D eigenvalue weighted by molar-refractivity contribution is 6.31. The molecular weight excluding hydrogens is 404 g/mol. The number of nitrogens with one attached hydrogen (secondary N) is 2. The molecule has 7 heteroatoms. The molecule has 0 spiro atoms. The van der Waals surface area contributed by atoms with Gasteiger partial charge >= 0.3 is 6.09 Å². The highest BCUT2D eigenvalue weighted by Gasteiger charge is 2.30. The van der Waals surface area contributed by atoms with Crippen molar-refractivity contribution >= 4 is 29.3 Å². The summed E-state index contributed by atoms with van der Waals surface area (Å²) in [5.74, 6) is -0.424. The number of carbonyl (C=O) groups is 2. The molecule has 2 rings (SSSR count). The fourth-order valence-electron chi connectivity index (χ4n) is 2.67. The third kappa shape index (κ3) is 7.69. The molecule has 0 heterocycles. The van der Waals surface area contributed by atoms with Gasteiger partial charge in [0.2, 0.25) is 5.91 Å². The summed E-state index contributed by atoms with van der Waals surface area (Å²) >= 11 is 6.05. The Labute approximate surface area is 182 Å². The number of anilines is 1. The number of hydrogen-bond acceptors (Lipinski definition) is 4. The minimum Gasteiger partial charge on any atom is -0.444 e. The minimum atomic E-state index is -0.970. The van der Waals surface area contributed by atoms with Crippen LogP contribution in [0.25, 0.3) is 0 Å². The second kappa shape index (κ2) is 10.5. The Morgan fingerprint density at radius 3 is 2.40 bits per heavy atom. The maximum absolute atomic E-state index is 13.0. The zero-order valence-corrected chi connectivity index (χ0v) is 18.7. The van der Waals surface area contributed by atoms with Crippen LogP contribution in [0.5, 0.6) is 0 Å². The van der Waals surface area contributed by atoms with Crippen LogP contribution in [-0.2, 0) is 20.9 Å². The van der Waals surface area contributed by atoms with Gasteiger partial charge in [0.15, 0.2) is 0 Å². The Morgan fingerprint density at radius 1 is 1.10 bits per heavy atom. The van der Waals surface area contributed by atoms with E-state index in [0.29, 0.717) is 17.3 Å². The number of rotatable bonds is 7. The number of halogens is 1. The predicted molar refractivity (Wildman–Crippen MR) is 119 cm³/mol. The van der Waals surface area contributed by atoms with Gasteiger partial charge in [-0.3, -0.25) is 4.79 Å². The lowest BCUT2D eigenvalue weighted by atomic mass is 10.1. The van der Waals surface area contributed by atoms with Crippen molar-refractivity contribution in [3.63, 3.8) is 0 Å². The van der Waals surface area contributed by atoms with Gasteiger partial charge in [0.25, 0.3) is 0 Å². The highest BCUT2D eigenvalue weighted by atomic mass is 35.5. The van der Waals surface area contributed by atoms with Crippen LogP contribution in [-0.4, -0.2) is 29.7 Å². The predicted octanol–water partition coefficient (Wildman–Crippen LogP) is 5.09. The monoisotopic (exact) mass is 432 g/mol. The summed E-state index contributed by atoms with van der Waals surface area (Å²) in [5.41, 5.74) is 1.69. The van der Waals surface area contributed by atoms with Crippen molar-refractivity contribution in [1.29, 1.82) is 0 Å². The molecule has 2 aromatic rings. The standard InChI is InChI=1S/C23H29ClN2O4/c1-15-11-12-18(24)13-19(15)25-21(27)20(26-22(28)30-23(3,4)5)16(2)29-14-17-9-7-6-8-10-17/h6-13,16,20H,14H2,1-5H3,(H,25,27)(H,26,28). The van der Waals surface area contributed by atoms with Crippen molar-refractivity contribution in [1.82, 2.24) is 5.32 Å². The van der Waals surface area contributed by atoms with Gasteiger partial charge in [-0.2, -0.15) is 0 Å². The molecule has 0 saturated carbocycles. The first-order chi connectivity index (χ1) is 14.0. The van der Waals surface area contributed by atoms with E-state index in [-0.39, 0.29) is 0 Å².